The highest BCUT2D eigenvalue weighted by Crippen LogP contribution is 2.28. The van der Waals surface area contributed by atoms with Crippen molar-refractivity contribution >= 4 is 11.8 Å². The molecule has 0 bridgehead atoms. The number of likely N-dealkylation sites (tertiary alicyclic amines) is 1. The number of hydrogen-bond donors (Lipinski definition) is 2. The van der Waals surface area contributed by atoms with Crippen LogP contribution in [-0.2, 0) is 22.7 Å². The summed E-state index contributed by atoms with van der Waals surface area (Å²) in [5, 5.41) is 6.40. The third-order valence-corrected chi connectivity index (χ3v) is 5.72. The maximum absolute atomic E-state index is 12.5. The number of carbonyl (C=O) groups is 2. The zero-order valence-electron chi connectivity index (χ0n) is 17.5. The number of ether oxygens (including phenoxy) is 1. The molecule has 3 heterocycles. The minimum absolute atomic E-state index is 0.102. The summed E-state index contributed by atoms with van der Waals surface area (Å²) in [5.74, 6) is 0.446. The Labute approximate surface area is 175 Å². The molecule has 8 heteroatoms. The van der Waals surface area contributed by atoms with Crippen molar-refractivity contribution in [1.29, 1.82) is 0 Å². The quantitative estimate of drug-likeness (QED) is 0.703. The molecule has 0 aliphatic carbocycles. The molecule has 2 saturated heterocycles. The van der Waals surface area contributed by atoms with Gasteiger partial charge in [0.15, 0.2) is 0 Å². The molecule has 0 radical (unpaired) electrons. The number of aromatic amines is 1. The molecule has 2 aromatic rings. The zero-order valence-corrected chi connectivity index (χ0v) is 17.5. The summed E-state index contributed by atoms with van der Waals surface area (Å²) in [6.07, 6.45) is 2.55. The SMILES string of the molecule is Cc1cc(C)c(OC2CCNCC2)c(Cn2[nH]c(CN3C(=O)CCC3=O)cc2=O)c1. The summed E-state index contributed by atoms with van der Waals surface area (Å²) in [4.78, 5) is 37.5. The van der Waals surface area contributed by atoms with Crippen LogP contribution < -0.4 is 15.6 Å². The second-order valence-electron chi connectivity index (χ2n) is 8.22. The van der Waals surface area contributed by atoms with Crippen LogP contribution in [0, 0.1) is 13.8 Å². The first-order valence-electron chi connectivity index (χ1n) is 10.5. The molecule has 2 N–H and O–H groups in total. The lowest BCUT2D eigenvalue weighted by Gasteiger charge is -2.26. The van der Waals surface area contributed by atoms with Gasteiger partial charge >= 0.3 is 0 Å². The minimum atomic E-state index is -0.198. The second kappa shape index (κ2) is 8.47. The Morgan fingerprint density at radius 1 is 1.00 bits per heavy atom. The normalized spacial score (nSPS) is 17.7. The van der Waals surface area contributed by atoms with Crippen LogP contribution >= 0.6 is 0 Å². The van der Waals surface area contributed by atoms with Crippen LogP contribution in [0.1, 0.15) is 48.1 Å². The van der Waals surface area contributed by atoms with E-state index in [0.29, 0.717) is 12.2 Å². The highest BCUT2D eigenvalue weighted by molar-refractivity contribution is 6.01. The number of rotatable bonds is 6. The van der Waals surface area contributed by atoms with Crippen molar-refractivity contribution in [3.63, 3.8) is 0 Å². The molecule has 2 fully saturated rings. The lowest BCUT2D eigenvalue weighted by molar-refractivity contribution is -0.139. The van der Waals surface area contributed by atoms with Crippen LogP contribution in [0.25, 0.3) is 0 Å². The van der Waals surface area contributed by atoms with Crippen molar-refractivity contribution in [3.05, 3.63) is 50.9 Å². The molecule has 2 aliphatic rings. The number of imide groups is 1. The number of aromatic nitrogens is 2. The molecule has 0 spiro atoms. The molecule has 2 amide bonds. The number of benzene rings is 1. The Morgan fingerprint density at radius 3 is 2.40 bits per heavy atom. The van der Waals surface area contributed by atoms with Crippen LogP contribution in [-0.4, -0.2) is 45.7 Å². The van der Waals surface area contributed by atoms with Crippen molar-refractivity contribution < 1.29 is 14.3 Å². The number of piperidine rings is 1. The van der Waals surface area contributed by atoms with E-state index in [1.165, 1.54) is 15.6 Å². The fourth-order valence-electron chi connectivity index (χ4n) is 4.23. The number of aryl methyl sites for hydroxylation is 2. The topological polar surface area (TPSA) is 96.4 Å². The molecule has 1 aromatic carbocycles. The van der Waals surface area contributed by atoms with Gasteiger partial charge in [0.25, 0.3) is 5.56 Å². The van der Waals surface area contributed by atoms with Crippen LogP contribution in [0.2, 0.25) is 0 Å². The van der Waals surface area contributed by atoms with Gasteiger partial charge in [-0.1, -0.05) is 17.7 Å². The third-order valence-electron chi connectivity index (χ3n) is 5.72. The van der Waals surface area contributed by atoms with Gasteiger partial charge in [-0.25, -0.2) is 4.68 Å². The smallest absolute Gasteiger partial charge is 0.267 e. The fourth-order valence-corrected chi connectivity index (χ4v) is 4.23. The second-order valence-corrected chi connectivity index (χ2v) is 8.22. The van der Waals surface area contributed by atoms with E-state index >= 15 is 0 Å². The van der Waals surface area contributed by atoms with Crippen molar-refractivity contribution in [2.24, 2.45) is 0 Å². The maximum atomic E-state index is 12.5. The van der Waals surface area contributed by atoms with E-state index in [-0.39, 0.29) is 42.9 Å². The van der Waals surface area contributed by atoms with E-state index in [4.69, 9.17) is 4.74 Å². The highest BCUT2D eigenvalue weighted by atomic mass is 16.5. The van der Waals surface area contributed by atoms with E-state index in [1.807, 2.05) is 19.9 Å². The lowest BCUT2D eigenvalue weighted by atomic mass is 10.0. The maximum Gasteiger partial charge on any atom is 0.267 e. The first-order valence-corrected chi connectivity index (χ1v) is 10.5. The number of carbonyl (C=O) groups excluding carboxylic acids is 2. The molecule has 30 heavy (non-hydrogen) atoms. The van der Waals surface area contributed by atoms with Crippen molar-refractivity contribution in [2.75, 3.05) is 13.1 Å². The number of hydrogen-bond acceptors (Lipinski definition) is 5. The number of H-pyrrole nitrogens is 1. The van der Waals surface area contributed by atoms with Gasteiger partial charge in [0.2, 0.25) is 11.8 Å². The predicted octanol–water partition coefficient (Wildman–Crippen LogP) is 1.62. The first-order chi connectivity index (χ1) is 14.4. The Morgan fingerprint density at radius 2 is 1.70 bits per heavy atom. The van der Waals surface area contributed by atoms with E-state index in [1.54, 1.807) is 0 Å². The third kappa shape index (κ3) is 4.33. The average Bonchev–Trinajstić information content (AvgIpc) is 3.21. The van der Waals surface area contributed by atoms with Gasteiger partial charge in [0, 0.05) is 24.5 Å². The summed E-state index contributed by atoms with van der Waals surface area (Å²) in [6, 6.07) is 5.59. The average molecular weight is 412 g/mol. The van der Waals surface area contributed by atoms with Crippen molar-refractivity contribution in [1.82, 2.24) is 20.0 Å². The van der Waals surface area contributed by atoms with Crippen LogP contribution in [0.5, 0.6) is 5.75 Å². The van der Waals surface area contributed by atoms with Crippen LogP contribution in [0.15, 0.2) is 23.0 Å². The molecule has 0 unspecified atom stereocenters. The Bertz CT molecular complexity index is 1000. The summed E-state index contributed by atoms with van der Waals surface area (Å²) in [5.41, 5.74) is 3.45. The Kier molecular flexibility index (Phi) is 5.76. The summed E-state index contributed by atoms with van der Waals surface area (Å²) in [6.45, 7) is 6.38. The van der Waals surface area contributed by atoms with Crippen LogP contribution in [0.3, 0.4) is 0 Å². The Hall–Kier alpha value is -2.87. The zero-order chi connectivity index (χ0) is 21.3. The summed E-state index contributed by atoms with van der Waals surface area (Å²) < 4.78 is 7.86. The minimum Gasteiger partial charge on any atom is -0.490 e. The monoisotopic (exact) mass is 412 g/mol. The molecule has 160 valence electrons. The lowest BCUT2D eigenvalue weighted by Crippen LogP contribution is -2.34. The molecule has 1 aromatic heterocycles. The fraction of sp³-hybridized carbons (Fsp3) is 0.500. The van der Waals surface area contributed by atoms with Gasteiger partial charge < -0.3 is 10.1 Å². The predicted molar refractivity (Wildman–Crippen MR) is 111 cm³/mol. The highest BCUT2D eigenvalue weighted by Gasteiger charge is 2.29. The molecule has 8 nitrogen and oxygen atoms in total. The molecular weight excluding hydrogens is 384 g/mol. The van der Waals surface area contributed by atoms with E-state index in [0.717, 1.165) is 48.4 Å². The van der Waals surface area contributed by atoms with E-state index in [2.05, 4.69) is 16.5 Å². The molecule has 4 rings (SSSR count). The van der Waals surface area contributed by atoms with Gasteiger partial charge in [-0.05, 0) is 45.3 Å². The molecule has 0 saturated carbocycles. The van der Waals surface area contributed by atoms with Gasteiger partial charge in [0.05, 0.1) is 18.8 Å². The first kappa shape index (κ1) is 20.4. The summed E-state index contributed by atoms with van der Waals surface area (Å²) in [7, 11) is 0. The van der Waals surface area contributed by atoms with Gasteiger partial charge in [-0.15, -0.1) is 0 Å². The van der Waals surface area contributed by atoms with Crippen molar-refractivity contribution in [2.45, 2.75) is 58.7 Å². The van der Waals surface area contributed by atoms with Crippen LogP contribution in [0.4, 0.5) is 0 Å². The molecular formula is C22H28N4O4. The standard InChI is InChI=1S/C22H28N4O4/c1-14-9-15(2)22(30-18-5-7-23-8-6-18)16(10-14)12-26-21(29)11-17(24-26)13-25-19(27)3-4-20(25)28/h9-11,18,23-24H,3-8,12-13H2,1-2H3. The molecule has 2 aliphatic heterocycles. The van der Waals surface area contributed by atoms with Gasteiger partial charge in [-0.3, -0.25) is 24.4 Å². The molecule has 0 atom stereocenters. The largest absolute Gasteiger partial charge is 0.490 e. The Balaban J connectivity index is 1.56. The van der Waals surface area contributed by atoms with E-state index in [9.17, 15) is 14.4 Å². The number of nitrogens with zero attached hydrogens (tertiary/aromatic N) is 2. The summed E-state index contributed by atoms with van der Waals surface area (Å²) >= 11 is 0. The van der Waals surface area contributed by atoms with Crippen molar-refractivity contribution in [3.8, 4) is 5.75 Å². The van der Waals surface area contributed by atoms with E-state index < -0.39 is 0 Å². The van der Waals surface area contributed by atoms with Gasteiger partial charge in [0.1, 0.15) is 11.9 Å². The number of nitrogens with one attached hydrogen (secondary N) is 2. The number of amides is 2. The van der Waals surface area contributed by atoms with Gasteiger partial charge in [-0.2, -0.15) is 0 Å².